The molecule has 0 bridgehead atoms. The molecule has 0 aliphatic carbocycles. The second-order valence-electron chi connectivity index (χ2n) is 1.73. The summed E-state index contributed by atoms with van der Waals surface area (Å²) < 4.78 is 2.19. The fourth-order valence-corrected chi connectivity index (χ4v) is 0.543. The van der Waals surface area contributed by atoms with Crippen molar-refractivity contribution < 1.29 is 0 Å². The Morgan fingerprint density at radius 1 is 1.62 bits per heavy atom. The molecule has 0 saturated carbocycles. The summed E-state index contributed by atoms with van der Waals surface area (Å²) in [6.45, 7) is 5.42. The number of rotatable bonds is 4. The maximum absolute atomic E-state index is 3.08. The highest BCUT2D eigenvalue weighted by Crippen LogP contribution is 1.92. The van der Waals surface area contributed by atoms with Gasteiger partial charge in [0.05, 0.1) is 0 Å². The average Bonchev–Trinajstić information content (AvgIpc) is 1.83. The lowest BCUT2D eigenvalue weighted by atomic mass is 10.6. The zero-order chi connectivity index (χ0) is 6.41. The van der Waals surface area contributed by atoms with Crippen LogP contribution in [-0.4, -0.2) is 31.4 Å². The molecule has 0 aromatic heterocycles. The Kier molecular flexibility index (Phi) is 5.73. The molecular weight excluding hydrogens is 119 g/mol. The highest BCUT2D eigenvalue weighted by atomic mass is 31.0. The molecule has 0 amide bonds. The van der Waals surface area contributed by atoms with Crippen molar-refractivity contribution in [2.45, 2.75) is 6.92 Å². The van der Waals surface area contributed by atoms with Crippen molar-refractivity contribution in [1.82, 2.24) is 9.99 Å². The van der Waals surface area contributed by atoms with E-state index in [0.29, 0.717) is 0 Å². The first-order valence-corrected chi connectivity index (χ1v) is 3.47. The summed E-state index contributed by atoms with van der Waals surface area (Å²) in [6, 6.07) is 0. The van der Waals surface area contributed by atoms with E-state index in [1.807, 2.05) is 7.05 Å². The SMILES string of the molecule is CCN(P)CCNC. The normalized spacial score (nSPS) is 10.5. The predicted octanol–water partition coefficient (Wildman–Crippen LogP) is 0.318. The smallest absolute Gasteiger partial charge is 0.0141 e. The van der Waals surface area contributed by atoms with Crippen molar-refractivity contribution in [2.24, 2.45) is 0 Å². The average molecular weight is 134 g/mol. The van der Waals surface area contributed by atoms with Gasteiger partial charge in [0.25, 0.3) is 0 Å². The molecule has 0 rings (SSSR count). The summed E-state index contributed by atoms with van der Waals surface area (Å²) >= 11 is 0. The molecule has 2 nitrogen and oxygen atoms in total. The maximum atomic E-state index is 3.08. The van der Waals surface area contributed by atoms with Crippen LogP contribution in [0, 0.1) is 0 Å². The summed E-state index contributed by atoms with van der Waals surface area (Å²) in [5.41, 5.74) is 0. The van der Waals surface area contributed by atoms with E-state index in [1.165, 1.54) is 0 Å². The van der Waals surface area contributed by atoms with Crippen LogP contribution in [0.15, 0.2) is 0 Å². The third-order valence-electron chi connectivity index (χ3n) is 1.06. The highest BCUT2D eigenvalue weighted by Gasteiger charge is 1.89. The predicted molar refractivity (Wildman–Crippen MR) is 40.9 cm³/mol. The van der Waals surface area contributed by atoms with Gasteiger partial charge in [-0.2, -0.15) is 0 Å². The van der Waals surface area contributed by atoms with Gasteiger partial charge in [-0.25, -0.2) is 0 Å². The van der Waals surface area contributed by atoms with Gasteiger partial charge in [-0.1, -0.05) is 16.3 Å². The van der Waals surface area contributed by atoms with Gasteiger partial charge in [-0.3, -0.25) is 4.67 Å². The first kappa shape index (κ1) is 8.35. The standard InChI is InChI=1S/C5H15N2P/c1-3-7(8)5-4-6-2/h6H,3-5,8H2,1-2H3. The molecule has 0 fully saturated rings. The van der Waals surface area contributed by atoms with Crippen LogP contribution in [0.2, 0.25) is 0 Å². The van der Waals surface area contributed by atoms with E-state index in [-0.39, 0.29) is 0 Å². The van der Waals surface area contributed by atoms with E-state index in [9.17, 15) is 0 Å². The third kappa shape index (κ3) is 4.51. The van der Waals surface area contributed by atoms with E-state index < -0.39 is 0 Å². The lowest BCUT2D eigenvalue weighted by Crippen LogP contribution is -2.22. The van der Waals surface area contributed by atoms with E-state index in [0.717, 1.165) is 19.6 Å². The van der Waals surface area contributed by atoms with E-state index >= 15 is 0 Å². The molecule has 0 aliphatic heterocycles. The molecule has 0 aromatic rings. The molecule has 8 heavy (non-hydrogen) atoms. The van der Waals surface area contributed by atoms with Crippen molar-refractivity contribution in [3.8, 4) is 0 Å². The first-order valence-electron chi connectivity index (χ1n) is 2.95. The van der Waals surface area contributed by atoms with Crippen LogP contribution >= 0.6 is 9.39 Å². The maximum Gasteiger partial charge on any atom is 0.0141 e. The highest BCUT2D eigenvalue weighted by molar-refractivity contribution is 7.13. The summed E-state index contributed by atoms with van der Waals surface area (Å²) in [4.78, 5) is 0. The Labute approximate surface area is 53.9 Å². The second-order valence-corrected chi connectivity index (χ2v) is 2.46. The zero-order valence-electron chi connectivity index (χ0n) is 5.65. The summed E-state index contributed by atoms with van der Waals surface area (Å²) in [5, 5.41) is 3.08. The number of likely N-dealkylation sites (N-methyl/N-ethyl adjacent to an activating group) is 2. The van der Waals surface area contributed by atoms with E-state index in [4.69, 9.17) is 0 Å². The van der Waals surface area contributed by atoms with E-state index in [1.54, 1.807) is 0 Å². The molecule has 0 aromatic carbocycles. The number of nitrogens with zero attached hydrogens (tertiary/aromatic N) is 1. The van der Waals surface area contributed by atoms with E-state index in [2.05, 4.69) is 26.3 Å². The Morgan fingerprint density at radius 2 is 2.25 bits per heavy atom. The van der Waals surface area contributed by atoms with Crippen LogP contribution in [-0.2, 0) is 0 Å². The molecule has 1 N–H and O–H groups in total. The summed E-state index contributed by atoms with van der Waals surface area (Å²) in [6.07, 6.45) is 0. The number of hydrogen-bond acceptors (Lipinski definition) is 2. The molecule has 0 heterocycles. The fraction of sp³-hybridized carbons (Fsp3) is 1.00. The van der Waals surface area contributed by atoms with Crippen molar-refractivity contribution in [1.29, 1.82) is 0 Å². The molecule has 0 aliphatic rings. The van der Waals surface area contributed by atoms with Crippen LogP contribution < -0.4 is 5.32 Å². The monoisotopic (exact) mass is 134 g/mol. The second kappa shape index (κ2) is 5.49. The van der Waals surface area contributed by atoms with Gasteiger partial charge in [-0.15, -0.1) is 0 Å². The molecule has 0 spiro atoms. The minimum atomic E-state index is 1.07. The van der Waals surface area contributed by atoms with Crippen molar-refractivity contribution in [3.63, 3.8) is 0 Å². The fourth-order valence-electron chi connectivity index (χ4n) is 0.414. The van der Waals surface area contributed by atoms with Gasteiger partial charge in [0.1, 0.15) is 0 Å². The van der Waals surface area contributed by atoms with Gasteiger partial charge in [0.15, 0.2) is 0 Å². The summed E-state index contributed by atoms with van der Waals surface area (Å²) in [7, 11) is 4.64. The molecule has 1 atom stereocenters. The quantitative estimate of drug-likeness (QED) is 0.557. The Bertz CT molecular complexity index is 49.7. The van der Waals surface area contributed by atoms with Crippen LogP contribution in [0.5, 0.6) is 0 Å². The largest absolute Gasteiger partial charge is 0.318 e. The minimum Gasteiger partial charge on any atom is -0.318 e. The third-order valence-corrected chi connectivity index (χ3v) is 1.68. The van der Waals surface area contributed by atoms with Gasteiger partial charge < -0.3 is 5.32 Å². The van der Waals surface area contributed by atoms with Gasteiger partial charge >= 0.3 is 0 Å². The number of hydrogen-bond donors (Lipinski definition) is 1. The number of nitrogens with one attached hydrogen (secondary N) is 1. The minimum absolute atomic E-state index is 1.07. The summed E-state index contributed by atoms with van der Waals surface area (Å²) in [5.74, 6) is 0. The van der Waals surface area contributed by atoms with Gasteiger partial charge in [0.2, 0.25) is 0 Å². The van der Waals surface area contributed by atoms with Crippen LogP contribution in [0.25, 0.3) is 0 Å². The molecular formula is C5H15N2P. The molecule has 3 heteroatoms. The van der Waals surface area contributed by atoms with Crippen molar-refractivity contribution in [2.75, 3.05) is 26.7 Å². The molecule has 0 saturated heterocycles. The van der Waals surface area contributed by atoms with Crippen LogP contribution in [0.3, 0.4) is 0 Å². The van der Waals surface area contributed by atoms with Crippen LogP contribution in [0.4, 0.5) is 0 Å². The lowest BCUT2D eigenvalue weighted by Gasteiger charge is -2.11. The topological polar surface area (TPSA) is 15.3 Å². The first-order chi connectivity index (χ1) is 3.81. The molecule has 0 radical (unpaired) electrons. The Balaban J connectivity index is 2.86. The van der Waals surface area contributed by atoms with Gasteiger partial charge in [-0.05, 0) is 13.6 Å². The zero-order valence-corrected chi connectivity index (χ0v) is 6.80. The molecule has 50 valence electrons. The van der Waals surface area contributed by atoms with Gasteiger partial charge in [0, 0.05) is 13.1 Å². The van der Waals surface area contributed by atoms with Crippen molar-refractivity contribution >= 4 is 9.39 Å². The Hall–Kier alpha value is 0.350. The Morgan fingerprint density at radius 3 is 2.62 bits per heavy atom. The lowest BCUT2D eigenvalue weighted by molar-refractivity contribution is 0.488. The van der Waals surface area contributed by atoms with Crippen LogP contribution in [0.1, 0.15) is 6.92 Å². The molecule has 1 unspecified atom stereocenters. The van der Waals surface area contributed by atoms with Crippen molar-refractivity contribution in [3.05, 3.63) is 0 Å².